The molecule has 0 aromatic heterocycles. The summed E-state index contributed by atoms with van der Waals surface area (Å²) in [7, 11) is 6.12. The van der Waals surface area contributed by atoms with Gasteiger partial charge in [0.25, 0.3) is 23.6 Å². The second kappa shape index (κ2) is 18.9. The third kappa shape index (κ3) is 8.45. The summed E-state index contributed by atoms with van der Waals surface area (Å²) in [5.74, 6) is -3.36. The molecule has 2 aromatic carbocycles. The van der Waals surface area contributed by atoms with Crippen LogP contribution in [0.1, 0.15) is 101 Å². The van der Waals surface area contributed by atoms with E-state index in [4.69, 9.17) is 9.47 Å². The zero-order valence-corrected chi connectivity index (χ0v) is 33.8. The van der Waals surface area contributed by atoms with Crippen LogP contribution in [0.15, 0.2) is 12.1 Å². The number of nitrogens with zero attached hydrogens (tertiary/aromatic N) is 2. The summed E-state index contributed by atoms with van der Waals surface area (Å²) in [6.07, 6.45) is 1.94. The Balaban J connectivity index is 1.55. The van der Waals surface area contributed by atoms with Crippen LogP contribution >= 0.6 is 21.6 Å². The number of imide groups is 2. The van der Waals surface area contributed by atoms with Crippen molar-refractivity contribution in [1.29, 1.82) is 0 Å². The van der Waals surface area contributed by atoms with Crippen LogP contribution in [0.2, 0.25) is 0 Å². The van der Waals surface area contributed by atoms with Gasteiger partial charge in [-0.25, -0.2) is 0 Å². The van der Waals surface area contributed by atoms with Crippen molar-refractivity contribution in [1.82, 2.24) is 31.1 Å². The lowest BCUT2D eigenvalue weighted by Crippen LogP contribution is -2.54. The molecular formula is C38H48N6O10S2. The predicted octanol–water partition coefficient (Wildman–Crippen LogP) is 2.66. The minimum absolute atomic E-state index is 0.0182. The maximum absolute atomic E-state index is 14.6. The monoisotopic (exact) mass is 812 g/mol. The van der Waals surface area contributed by atoms with Crippen molar-refractivity contribution in [3.05, 3.63) is 34.4 Å². The van der Waals surface area contributed by atoms with Gasteiger partial charge in [-0.1, -0.05) is 21.6 Å². The lowest BCUT2D eigenvalue weighted by molar-refractivity contribution is -0.125. The first kappa shape index (κ1) is 42.3. The van der Waals surface area contributed by atoms with Crippen LogP contribution in [0.4, 0.5) is 0 Å². The van der Waals surface area contributed by atoms with Gasteiger partial charge in [-0.3, -0.25) is 48.2 Å². The summed E-state index contributed by atoms with van der Waals surface area (Å²) in [4.78, 5) is 110. The van der Waals surface area contributed by atoms with E-state index in [1.807, 2.05) is 0 Å². The zero-order chi connectivity index (χ0) is 40.7. The fourth-order valence-corrected chi connectivity index (χ4v) is 10.0. The molecule has 2 atom stereocenters. The van der Waals surface area contributed by atoms with Gasteiger partial charge in [0.05, 0.1) is 41.4 Å². The molecule has 1 fully saturated rings. The number of hydrogen-bond acceptors (Lipinski definition) is 12. The fourth-order valence-electron chi connectivity index (χ4n) is 7.23. The van der Waals surface area contributed by atoms with E-state index in [-0.39, 0.29) is 88.3 Å². The predicted molar refractivity (Wildman–Crippen MR) is 211 cm³/mol. The Morgan fingerprint density at radius 2 is 1.12 bits per heavy atom. The Kier molecular flexibility index (Phi) is 14.3. The number of amides is 8. The van der Waals surface area contributed by atoms with Crippen LogP contribution < -0.4 is 30.7 Å². The molecule has 1 saturated heterocycles. The summed E-state index contributed by atoms with van der Waals surface area (Å²) >= 11 is 0. The first-order chi connectivity index (χ1) is 26.9. The number of carbonyl (C=O) groups excluding carboxylic acids is 8. The maximum Gasteiger partial charge on any atom is 0.265 e. The molecule has 0 bridgehead atoms. The zero-order valence-electron chi connectivity index (χ0n) is 32.2. The molecule has 16 nitrogen and oxygen atoms in total. The standard InChI is InChI=1S/C38H48N6O10S2/c1-6-53-26-17-23-29-28-22(35(49)43(37(51)30(26)28)24(33(47)39-4)12-8-10-14-41-20(3)45)16-27(54-7-2)31(29)38(52)44(36(23)50)25(34(48)40-5)13-9-11-15-42-32(46)21-18-55-56-19-21/h16-17,21,24-25H,6-15,18-19H2,1-5H3,(H,39,47)(H,40,48)(H,41,45)(H,42,46)/t24-,25-/m0/s1. The van der Waals surface area contributed by atoms with Gasteiger partial charge < -0.3 is 30.7 Å². The van der Waals surface area contributed by atoms with Gasteiger partial charge >= 0.3 is 0 Å². The van der Waals surface area contributed by atoms with Crippen molar-refractivity contribution >= 4 is 79.6 Å². The van der Waals surface area contributed by atoms with Crippen LogP contribution in [-0.4, -0.2) is 121 Å². The van der Waals surface area contributed by atoms with E-state index in [0.29, 0.717) is 38.8 Å². The smallest absolute Gasteiger partial charge is 0.265 e. The molecule has 3 aliphatic heterocycles. The molecule has 2 aromatic rings. The second-order valence-corrected chi connectivity index (χ2v) is 16.0. The lowest BCUT2D eigenvalue weighted by atomic mass is 9.83. The molecule has 0 radical (unpaired) electrons. The average Bonchev–Trinajstić information content (AvgIpc) is 3.73. The van der Waals surface area contributed by atoms with Crippen molar-refractivity contribution in [2.75, 3.05) is 51.9 Å². The van der Waals surface area contributed by atoms with Gasteiger partial charge in [0.1, 0.15) is 23.6 Å². The van der Waals surface area contributed by atoms with Crippen LogP contribution in [0.5, 0.6) is 11.5 Å². The number of likely N-dealkylation sites (N-methyl/N-ethyl adjacent to an activating group) is 2. The van der Waals surface area contributed by atoms with Crippen LogP contribution in [-0.2, 0) is 19.2 Å². The summed E-state index contributed by atoms with van der Waals surface area (Å²) in [5.41, 5.74) is -0.309. The number of ether oxygens (including phenoxy) is 2. The molecule has 3 heterocycles. The molecule has 3 aliphatic rings. The third-order valence-electron chi connectivity index (χ3n) is 9.89. The largest absolute Gasteiger partial charge is 0.493 e. The molecule has 56 heavy (non-hydrogen) atoms. The van der Waals surface area contributed by atoms with E-state index < -0.39 is 47.5 Å². The highest BCUT2D eigenvalue weighted by Gasteiger charge is 2.48. The Morgan fingerprint density at radius 1 is 0.696 bits per heavy atom. The van der Waals surface area contributed by atoms with E-state index in [9.17, 15) is 38.4 Å². The number of rotatable bonds is 19. The molecule has 0 aliphatic carbocycles. The van der Waals surface area contributed by atoms with E-state index in [2.05, 4.69) is 21.3 Å². The molecule has 5 rings (SSSR count). The van der Waals surface area contributed by atoms with Crippen molar-refractivity contribution in [2.24, 2.45) is 5.92 Å². The average molecular weight is 813 g/mol. The second-order valence-electron chi connectivity index (χ2n) is 13.5. The topological polar surface area (TPSA) is 210 Å². The summed E-state index contributed by atoms with van der Waals surface area (Å²) in [6.45, 7) is 5.58. The number of nitrogens with one attached hydrogen (secondary N) is 4. The van der Waals surface area contributed by atoms with Gasteiger partial charge in [-0.15, -0.1) is 0 Å². The normalized spacial score (nSPS) is 16.2. The highest BCUT2D eigenvalue weighted by Crippen LogP contribution is 2.46. The van der Waals surface area contributed by atoms with Crippen molar-refractivity contribution < 1.29 is 47.8 Å². The van der Waals surface area contributed by atoms with E-state index in [0.717, 1.165) is 21.3 Å². The minimum Gasteiger partial charge on any atom is -0.493 e. The van der Waals surface area contributed by atoms with Crippen molar-refractivity contribution in [3.63, 3.8) is 0 Å². The highest BCUT2D eigenvalue weighted by molar-refractivity contribution is 8.77. The first-order valence-corrected chi connectivity index (χ1v) is 21.3. The van der Waals surface area contributed by atoms with Crippen LogP contribution in [0.25, 0.3) is 10.8 Å². The molecule has 0 spiro atoms. The third-order valence-corrected chi connectivity index (χ3v) is 12.5. The Bertz CT molecular complexity index is 1930. The van der Waals surface area contributed by atoms with Gasteiger partial charge in [0, 0.05) is 56.4 Å². The minimum atomic E-state index is -1.24. The van der Waals surface area contributed by atoms with Gasteiger partial charge in [0.15, 0.2) is 0 Å². The van der Waals surface area contributed by atoms with E-state index in [1.165, 1.54) is 33.2 Å². The Morgan fingerprint density at radius 3 is 1.52 bits per heavy atom. The van der Waals surface area contributed by atoms with E-state index >= 15 is 0 Å². The molecule has 4 N–H and O–H groups in total. The van der Waals surface area contributed by atoms with Crippen molar-refractivity contribution in [3.8, 4) is 11.5 Å². The quantitative estimate of drug-likeness (QED) is 0.0918. The molecular weight excluding hydrogens is 765 g/mol. The van der Waals surface area contributed by atoms with Crippen LogP contribution in [0, 0.1) is 5.92 Å². The summed E-state index contributed by atoms with van der Waals surface area (Å²) in [5, 5.41) is 10.8. The molecule has 8 amide bonds. The Labute approximate surface area is 332 Å². The first-order valence-electron chi connectivity index (χ1n) is 18.8. The fraction of sp³-hybridized carbons (Fsp3) is 0.526. The van der Waals surface area contributed by atoms with Gasteiger partial charge in [0.2, 0.25) is 23.6 Å². The number of carbonyl (C=O) groups is 8. The molecule has 0 unspecified atom stereocenters. The Hall–Kier alpha value is -4.84. The molecule has 18 heteroatoms. The maximum atomic E-state index is 14.6. The number of benzene rings is 2. The summed E-state index contributed by atoms with van der Waals surface area (Å²) in [6, 6.07) is 0.209. The highest BCUT2D eigenvalue weighted by atomic mass is 33.1. The SMILES string of the molecule is CCOc1cc2c3c(c(OCC)cc4c3c1C(=O)N([C@@H](CCCCNC(C)=O)C(=O)NC)C4=O)C(=O)N([C@@H](CCCCNC(=O)C1CSSC1)C(=O)NC)C2=O. The lowest BCUT2D eigenvalue weighted by Gasteiger charge is -2.37. The molecule has 0 saturated carbocycles. The van der Waals surface area contributed by atoms with E-state index in [1.54, 1.807) is 35.4 Å². The van der Waals surface area contributed by atoms with Gasteiger partial charge in [-0.05, 0) is 64.5 Å². The number of hydrogen-bond donors (Lipinski definition) is 4. The van der Waals surface area contributed by atoms with Gasteiger partial charge in [-0.2, -0.15) is 0 Å². The van der Waals surface area contributed by atoms with Crippen LogP contribution in [0.3, 0.4) is 0 Å². The molecule has 302 valence electrons. The number of unbranched alkanes of at least 4 members (excludes halogenated alkanes) is 2. The summed E-state index contributed by atoms with van der Waals surface area (Å²) < 4.78 is 11.9. The van der Waals surface area contributed by atoms with Crippen molar-refractivity contribution in [2.45, 2.75) is 71.4 Å².